The fourth-order valence-corrected chi connectivity index (χ4v) is 4.09. The summed E-state index contributed by atoms with van der Waals surface area (Å²) in [6, 6.07) is 4.47. The van der Waals surface area contributed by atoms with E-state index in [0.29, 0.717) is 24.6 Å². The molecule has 3 N–H and O–H groups in total. The number of nitrogens with one attached hydrogen (secondary N) is 1. The van der Waals surface area contributed by atoms with Crippen molar-refractivity contribution in [3.8, 4) is 0 Å². The van der Waals surface area contributed by atoms with Crippen molar-refractivity contribution >= 4 is 34.2 Å². The van der Waals surface area contributed by atoms with Crippen LogP contribution in [-0.4, -0.2) is 67.0 Å². The van der Waals surface area contributed by atoms with Crippen LogP contribution in [-0.2, 0) is 4.74 Å². The minimum Gasteiger partial charge on any atom is -0.397 e. The second-order valence-corrected chi connectivity index (χ2v) is 7.75. The highest BCUT2D eigenvalue weighted by molar-refractivity contribution is 5.99. The summed E-state index contributed by atoms with van der Waals surface area (Å²) < 4.78 is 5.62. The van der Waals surface area contributed by atoms with Gasteiger partial charge in [0.25, 0.3) is 0 Å². The molecule has 0 amide bonds. The number of hydrogen-bond donors (Lipinski definition) is 2. The highest BCUT2D eigenvalue weighted by Crippen LogP contribution is 2.33. The molecule has 0 spiro atoms. The molecule has 1 atom stereocenters. The summed E-state index contributed by atoms with van der Waals surface area (Å²) in [6.45, 7) is 6.32. The van der Waals surface area contributed by atoms with Crippen molar-refractivity contribution in [1.82, 2.24) is 14.9 Å². The molecule has 0 unspecified atom stereocenters. The van der Waals surface area contributed by atoms with Gasteiger partial charge in [0.05, 0.1) is 25.0 Å². The van der Waals surface area contributed by atoms with Crippen molar-refractivity contribution < 1.29 is 4.74 Å². The molecule has 7 heteroatoms. The standard InChI is InChI=1S/C22H28N6O/c1-15-14-29-11-10-28(15)20-12-18(16-4-3-9-27(2)13-16)17-6-8-25-22(21(17)26-20)19(24)5-7-23/h4-8,12,15,23H,3,9-11,13-14,24H2,1-2H3/b19-5-,23-7?/t15-/m1/s1. The maximum absolute atomic E-state index is 7.38. The summed E-state index contributed by atoms with van der Waals surface area (Å²) in [5.41, 5.74) is 10.6. The second kappa shape index (κ2) is 8.31. The summed E-state index contributed by atoms with van der Waals surface area (Å²) in [7, 11) is 2.15. The van der Waals surface area contributed by atoms with Crippen LogP contribution < -0.4 is 10.6 Å². The van der Waals surface area contributed by atoms with E-state index in [1.54, 1.807) is 12.3 Å². The Bertz CT molecular complexity index is 983. The van der Waals surface area contributed by atoms with Gasteiger partial charge in [-0.1, -0.05) is 6.08 Å². The molecular formula is C22H28N6O. The number of nitrogens with two attached hydrogens (primary N) is 1. The molecule has 7 nitrogen and oxygen atoms in total. The normalized spacial score (nSPS) is 21.3. The fraction of sp³-hybridized carbons (Fsp3) is 0.409. The lowest BCUT2D eigenvalue weighted by Gasteiger charge is -2.35. The van der Waals surface area contributed by atoms with E-state index in [1.165, 1.54) is 17.4 Å². The lowest BCUT2D eigenvalue weighted by Crippen LogP contribution is -2.44. The summed E-state index contributed by atoms with van der Waals surface area (Å²) >= 11 is 0. The Morgan fingerprint density at radius 3 is 3.00 bits per heavy atom. The molecule has 1 saturated heterocycles. The molecule has 2 aromatic rings. The van der Waals surface area contributed by atoms with Crippen LogP contribution >= 0.6 is 0 Å². The van der Waals surface area contributed by atoms with Crippen molar-refractivity contribution in [2.75, 3.05) is 44.8 Å². The topological polar surface area (TPSA) is 91.4 Å². The van der Waals surface area contributed by atoms with E-state index in [-0.39, 0.29) is 6.04 Å². The predicted octanol–water partition coefficient (Wildman–Crippen LogP) is 2.52. The maximum Gasteiger partial charge on any atom is 0.130 e. The molecule has 0 radical (unpaired) electrons. The smallest absolute Gasteiger partial charge is 0.130 e. The molecular weight excluding hydrogens is 364 g/mol. The van der Waals surface area contributed by atoms with Crippen LogP contribution in [0.3, 0.4) is 0 Å². The Morgan fingerprint density at radius 1 is 1.38 bits per heavy atom. The lowest BCUT2D eigenvalue weighted by atomic mass is 9.97. The first-order chi connectivity index (χ1) is 14.1. The number of anilines is 1. The molecule has 4 heterocycles. The minimum atomic E-state index is 0.249. The van der Waals surface area contributed by atoms with Crippen LogP contribution in [0.1, 0.15) is 24.6 Å². The maximum atomic E-state index is 7.38. The average molecular weight is 393 g/mol. The lowest BCUT2D eigenvalue weighted by molar-refractivity contribution is 0.0985. The van der Waals surface area contributed by atoms with Crippen LogP contribution in [0.2, 0.25) is 0 Å². The van der Waals surface area contributed by atoms with Gasteiger partial charge in [0.2, 0.25) is 0 Å². The monoisotopic (exact) mass is 392 g/mol. The van der Waals surface area contributed by atoms with Gasteiger partial charge < -0.3 is 25.7 Å². The highest BCUT2D eigenvalue weighted by Gasteiger charge is 2.24. The van der Waals surface area contributed by atoms with E-state index in [9.17, 15) is 0 Å². The summed E-state index contributed by atoms with van der Waals surface area (Å²) in [5, 5.41) is 8.42. The van der Waals surface area contributed by atoms with Crippen molar-refractivity contribution in [3.05, 3.63) is 41.7 Å². The van der Waals surface area contributed by atoms with E-state index in [4.69, 9.17) is 20.9 Å². The SMILES string of the molecule is C[C@@H]1COCCN1c1cc(C2=CCCN(C)C2)c2ccnc(/C(N)=C/C=N)c2n1. The number of likely N-dealkylation sites (N-methyl/N-ethyl adjacent to an activating group) is 1. The molecule has 2 aliphatic heterocycles. The highest BCUT2D eigenvalue weighted by atomic mass is 16.5. The number of rotatable bonds is 4. The first kappa shape index (κ1) is 19.5. The number of fused-ring (bicyclic) bond motifs is 1. The fourth-order valence-electron chi connectivity index (χ4n) is 4.09. The Labute approximate surface area is 171 Å². The van der Waals surface area contributed by atoms with Gasteiger partial charge in [-0.2, -0.15) is 0 Å². The Kier molecular flexibility index (Phi) is 5.60. The Morgan fingerprint density at radius 2 is 2.24 bits per heavy atom. The van der Waals surface area contributed by atoms with Crippen molar-refractivity contribution in [3.63, 3.8) is 0 Å². The number of pyridine rings is 2. The van der Waals surface area contributed by atoms with Gasteiger partial charge in [0, 0.05) is 37.4 Å². The Balaban J connectivity index is 1.94. The quantitative estimate of drug-likeness (QED) is 0.777. The number of morpholine rings is 1. The van der Waals surface area contributed by atoms with Crippen LogP contribution in [0.15, 0.2) is 30.5 Å². The summed E-state index contributed by atoms with van der Waals surface area (Å²) in [6.07, 6.45) is 7.88. The number of hydrogen-bond acceptors (Lipinski definition) is 7. The van der Waals surface area contributed by atoms with Gasteiger partial charge in [0.1, 0.15) is 17.0 Å². The van der Waals surface area contributed by atoms with E-state index in [0.717, 1.165) is 42.8 Å². The molecule has 0 saturated carbocycles. The van der Waals surface area contributed by atoms with E-state index in [2.05, 4.69) is 40.9 Å². The summed E-state index contributed by atoms with van der Waals surface area (Å²) in [5.74, 6) is 0.925. The van der Waals surface area contributed by atoms with Gasteiger partial charge >= 0.3 is 0 Å². The molecule has 152 valence electrons. The largest absolute Gasteiger partial charge is 0.397 e. The zero-order valence-electron chi connectivity index (χ0n) is 17.1. The number of aromatic nitrogens is 2. The molecule has 4 rings (SSSR count). The number of nitrogens with zero attached hydrogens (tertiary/aromatic N) is 4. The van der Waals surface area contributed by atoms with Crippen molar-refractivity contribution in [2.45, 2.75) is 19.4 Å². The first-order valence-corrected chi connectivity index (χ1v) is 10.1. The first-order valence-electron chi connectivity index (χ1n) is 10.1. The van der Waals surface area contributed by atoms with Crippen LogP contribution in [0.5, 0.6) is 0 Å². The van der Waals surface area contributed by atoms with Crippen LogP contribution in [0, 0.1) is 5.41 Å². The van der Waals surface area contributed by atoms with Gasteiger partial charge in [0.15, 0.2) is 0 Å². The minimum absolute atomic E-state index is 0.249. The van der Waals surface area contributed by atoms with Gasteiger partial charge in [-0.25, -0.2) is 4.98 Å². The third-order valence-electron chi connectivity index (χ3n) is 5.60. The average Bonchev–Trinajstić information content (AvgIpc) is 2.73. The molecule has 2 aromatic heterocycles. The van der Waals surface area contributed by atoms with E-state index < -0.39 is 0 Å². The molecule has 1 fully saturated rings. The third kappa shape index (κ3) is 3.88. The second-order valence-electron chi connectivity index (χ2n) is 7.75. The molecule has 0 aliphatic carbocycles. The summed E-state index contributed by atoms with van der Waals surface area (Å²) in [4.78, 5) is 14.1. The number of allylic oxidation sites excluding steroid dienone is 1. The molecule has 29 heavy (non-hydrogen) atoms. The van der Waals surface area contributed by atoms with Crippen LogP contribution in [0.4, 0.5) is 5.82 Å². The number of ether oxygens (including phenoxy) is 1. The molecule has 2 aliphatic rings. The van der Waals surface area contributed by atoms with Gasteiger partial charge in [-0.15, -0.1) is 0 Å². The third-order valence-corrected chi connectivity index (χ3v) is 5.60. The predicted molar refractivity (Wildman–Crippen MR) is 118 cm³/mol. The van der Waals surface area contributed by atoms with E-state index >= 15 is 0 Å². The zero-order chi connectivity index (χ0) is 20.4. The van der Waals surface area contributed by atoms with Gasteiger partial charge in [-0.05, 0) is 49.7 Å². The van der Waals surface area contributed by atoms with Crippen molar-refractivity contribution in [1.29, 1.82) is 5.41 Å². The molecule has 0 aromatic carbocycles. The van der Waals surface area contributed by atoms with E-state index in [1.807, 2.05) is 6.07 Å². The van der Waals surface area contributed by atoms with Gasteiger partial charge in [-0.3, -0.25) is 4.98 Å². The van der Waals surface area contributed by atoms with Crippen LogP contribution in [0.25, 0.3) is 22.2 Å². The zero-order valence-corrected chi connectivity index (χ0v) is 17.1. The Hall–Kier alpha value is -2.77. The van der Waals surface area contributed by atoms with Crippen molar-refractivity contribution in [2.24, 2.45) is 5.73 Å². The molecule has 0 bridgehead atoms.